The van der Waals surface area contributed by atoms with Gasteiger partial charge in [-0.15, -0.1) is 0 Å². The molecular weight excluding hydrogens is 1280 g/mol. The van der Waals surface area contributed by atoms with Crippen molar-refractivity contribution in [2.45, 2.75) is 291 Å². The van der Waals surface area contributed by atoms with Crippen LogP contribution in [0.2, 0.25) is 0 Å². The maximum absolute atomic E-state index is 15.5. The second kappa shape index (κ2) is 40.7. The zero-order valence-corrected chi connectivity index (χ0v) is 64.8. The Balaban J connectivity index is 1.96. The number of rotatable bonds is 17. The molecule has 11 amide bonds. The molecule has 2 saturated heterocycles. The molecule has 4 fully saturated rings. The van der Waals surface area contributed by atoms with Crippen LogP contribution >= 0.6 is 0 Å². The summed E-state index contributed by atoms with van der Waals surface area (Å²) in [5.74, 6) is -7.97. The zero-order valence-electron chi connectivity index (χ0n) is 64.8. The van der Waals surface area contributed by atoms with E-state index in [0.29, 0.717) is 64.5 Å². The second-order valence-corrected chi connectivity index (χ2v) is 32.4. The van der Waals surface area contributed by atoms with Gasteiger partial charge in [0.2, 0.25) is 65.0 Å². The minimum Gasteiger partial charge on any atom is -0.393 e. The summed E-state index contributed by atoms with van der Waals surface area (Å²) in [5, 5.41) is 35.2. The Kier molecular flexibility index (Phi) is 35.2. The molecule has 2 heterocycles. The van der Waals surface area contributed by atoms with Crippen molar-refractivity contribution in [3.05, 3.63) is 0 Å². The van der Waals surface area contributed by atoms with Crippen molar-refractivity contribution in [2.24, 2.45) is 47.3 Å². The molecule has 26 nitrogen and oxygen atoms in total. The summed E-state index contributed by atoms with van der Waals surface area (Å²) in [6, 6.07) is -11.1. The number of nitrogens with zero attached hydrogens (tertiary/aromatic N) is 8. The number of hydrogen-bond acceptors (Lipinski definition) is 15. The summed E-state index contributed by atoms with van der Waals surface area (Å²) < 4.78 is 0. The van der Waals surface area contributed by atoms with E-state index in [-0.39, 0.29) is 73.5 Å². The SMILES string of the molecule is CC(C)C[C@@H]1NN(C)[C@H](CC2CCCCC2)N(C)C(=O)[C@@H](C(C)C)NC(=O)C[C@@H](C(=O)N2CCCCC2)NC(=O)[C@H](CC(C)C)N(C)C(=O)[C@H](CC(C)C)N(C)C(=O)[C@H](CC2CCC(O)CC2)NC(=O)[C@H](CC(C)C)N(C)C(=O)CN(C)C(=O)[C@H]([C@@H](C)O)NC(=O)[C@H](CC(C)C)N(C)C1=O. The van der Waals surface area contributed by atoms with Gasteiger partial charge in [0.1, 0.15) is 54.4 Å². The Morgan fingerprint density at radius 2 is 0.900 bits per heavy atom. The Morgan fingerprint density at radius 1 is 0.450 bits per heavy atom. The molecule has 0 spiro atoms. The Hall–Kier alpha value is -5.99. The highest BCUT2D eigenvalue weighted by atomic mass is 16.3. The molecule has 2 aliphatic heterocycles. The van der Waals surface area contributed by atoms with Gasteiger partial charge < -0.3 is 65.8 Å². The average molecular weight is 1410 g/mol. The van der Waals surface area contributed by atoms with Crippen LogP contribution < -0.4 is 26.7 Å². The summed E-state index contributed by atoms with van der Waals surface area (Å²) in [5.41, 5.74) is 3.46. The van der Waals surface area contributed by atoms with Gasteiger partial charge in [0.05, 0.1) is 31.3 Å². The minimum atomic E-state index is -1.59. The van der Waals surface area contributed by atoms with E-state index in [9.17, 15) is 34.2 Å². The number of carbonyl (C=O) groups is 11. The lowest BCUT2D eigenvalue weighted by Crippen LogP contribution is -2.63. The highest BCUT2D eigenvalue weighted by Crippen LogP contribution is 2.32. The predicted octanol–water partition coefficient (Wildman–Crippen LogP) is 4.88. The van der Waals surface area contributed by atoms with E-state index in [1.54, 1.807) is 28.9 Å². The third-order valence-corrected chi connectivity index (χ3v) is 20.9. The molecule has 0 aromatic carbocycles. The molecule has 2 aliphatic carbocycles. The third-order valence-electron chi connectivity index (χ3n) is 20.9. The molecule has 4 aliphatic rings. The van der Waals surface area contributed by atoms with Gasteiger partial charge in [0.25, 0.3) is 0 Å². The predicted molar refractivity (Wildman–Crippen MR) is 385 cm³/mol. The van der Waals surface area contributed by atoms with Crippen molar-refractivity contribution in [2.75, 3.05) is 69.0 Å². The van der Waals surface area contributed by atoms with Crippen molar-refractivity contribution in [1.82, 2.24) is 66.0 Å². The third kappa shape index (κ3) is 25.8. The van der Waals surface area contributed by atoms with Crippen LogP contribution in [0.5, 0.6) is 0 Å². The minimum absolute atomic E-state index is 0.0550. The Morgan fingerprint density at radius 3 is 1.41 bits per heavy atom. The van der Waals surface area contributed by atoms with Gasteiger partial charge in [0.15, 0.2) is 0 Å². The fraction of sp³-hybridized carbons (Fsp3) is 0.851. The molecule has 0 bridgehead atoms. The number of likely N-dealkylation sites (N-methyl/N-ethyl adjacent to an activating group) is 6. The first-order chi connectivity index (χ1) is 46.7. The maximum atomic E-state index is 15.5. The number of carbonyl (C=O) groups excluding carboxylic acids is 11. The quantitative estimate of drug-likeness (QED) is 0.102. The lowest BCUT2D eigenvalue weighted by molar-refractivity contribution is -0.151. The van der Waals surface area contributed by atoms with Crippen LogP contribution in [0.15, 0.2) is 0 Å². The lowest BCUT2D eigenvalue weighted by Gasteiger charge is -2.42. The molecule has 100 heavy (non-hydrogen) atoms. The fourth-order valence-electron chi connectivity index (χ4n) is 14.8. The van der Waals surface area contributed by atoms with Crippen LogP contribution in [-0.4, -0.2) is 256 Å². The van der Waals surface area contributed by atoms with Crippen molar-refractivity contribution >= 4 is 65.0 Å². The van der Waals surface area contributed by atoms with Crippen molar-refractivity contribution < 1.29 is 63.0 Å². The van der Waals surface area contributed by atoms with E-state index >= 15 is 28.8 Å². The number of aliphatic hydroxyl groups excluding tert-OH is 2. The number of likely N-dealkylation sites (tertiary alicyclic amines) is 1. The molecule has 0 aromatic heterocycles. The van der Waals surface area contributed by atoms with Crippen molar-refractivity contribution in [1.29, 1.82) is 0 Å². The van der Waals surface area contributed by atoms with E-state index in [0.717, 1.165) is 43.4 Å². The normalized spacial score (nSPS) is 28.9. The monoisotopic (exact) mass is 1410 g/mol. The smallest absolute Gasteiger partial charge is 0.248 e. The standard InChI is InChI=1S/C74H133N13O13/c1-44(2)35-56-70(96)82(16)59(38-47(7)8)68(94)78-65(50(13)88)73(99)80(14)43-63(91)81(15)57(36-45(3)4)66(92)75-54(40-52-29-31-53(89)32-30-52)69(95)84(18)60(39-48(9)10)72(98)83(17)58(37-46(5)6)67(93)76-55(71(97)87-33-25-22-26-34-87)42-61(90)77-64(49(11)12)74(100)85(19)62(86(20)79-56)41-51-27-23-21-24-28-51/h44-60,62,64-65,79,88-89H,21-43H2,1-20H3,(H,75,92)(H,76,93)(H,77,90)(H,78,94)/t50-,52?,53?,54+,55+,56+,57+,58+,59+,60+,62-,64-,65+/m1/s1. The molecule has 4 rings (SSSR count). The van der Waals surface area contributed by atoms with E-state index < -0.39 is 157 Å². The molecule has 0 radical (unpaired) electrons. The van der Waals surface area contributed by atoms with Gasteiger partial charge in [-0.25, -0.2) is 10.4 Å². The molecular formula is C74H133N13O13. The maximum Gasteiger partial charge on any atom is 0.248 e. The van der Waals surface area contributed by atoms with Crippen LogP contribution in [0.3, 0.4) is 0 Å². The number of hydrogen-bond donors (Lipinski definition) is 7. The fourth-order valence-corrected chi connectivity index (χ4v) is 14.8. The van der Waals surface area contributed by atoms with Gasteiger partial charge in [-0.1, -0.05) is 115 Å². The molecule has 2 saturated carbocycles. The summed E-state index contributed by atoms with van der Waals surface area (Å²) >= 11 is 0. The highest BCUT2D eigenvalue weighted by Gasteiger charge is 2.44. The van der Waals surface area contributed by atoms with Gasteiger partial charge in [-0.2, -0.15) is 0 Å². The van der Waals surface area contributed by atoms with E-state index in [2.05, 4.69) is 26.7 Å². The first-order valence-corrected chi connectivity index (χ1v) is 37.7. The topological polar surface area (TPSA) is 314 Å². The van der Waals surface area contributed by atoms with Crippen molar-refractivity contribution in [3.63, 3.8) is 0 Å². The largest absolute Gasteiger partial charge is 0.393 e. The van der Waals surface area contributed by atoms with E-state index in [1.807, 2.05) is 83.1 Å². The molecule has 7 N–H and O–H groups in total. The molecule has 572 valence electrons. The summed E-state index contributed by atoms with van der Waals surface area (Å²) in [6.07, 6.45) is 7.53. The summed E-state index contributed by atoms with van der Waals surface area (Å²) in [6.45, 7) is 24.2. The first kappa shape index (κ1) is 86.4. The molecule has 11 atom stereocenters. The van der Waals surface area contributed by atoms with E-state index in [1.165, 1.54) is 61.8 Å². The van der Waals surface area contributed by atoms with Gasteiger partial charge >= 0.3 is 0 Å². The molecule has 0 unspecified atom stereocenters. The number of amides is 11. The van der Waals surface area contributed by atoms with Crippen LogP contribution in [0.4, 0.5) is 0 Å². The van der Waals surface area contributed by atoms with Crippen LogP contribution in [-0.2, 0) is 52.7 Å². The highest BCUT2D eigenvalue weighted by molar-refractivity contribution is 5.99. The summed E-state index contributed by atoms with van der Waals surface area (Å²) in [4.78, 5) is 175. The second-order valence-electron chi connectivity index (χ2n) is 32.4. The number of hydrazine groups is 1. The van der Waals surface area contributed by atoms with Crippen LogP contribution in [0.25, 0.3) is 0 Å². The molecule has 0 aromatic rings. The number of piperidine rings is 1. The number of nitrogens with one attached hydrogen (secondary N) is 5. The molecule has 26 heteroatoms. The van der Waals surface area contributed by atoms with Gasteiger partial charge in [-0.05, 0) is 144 Å². The van der Waals surface area contributed by atoms with E-state index in [4.69, 9.17) is 0 Å². The average Bonchev–Trinajstić information content (AvgIpc) is 0.821. The van der Waals surface area contributed by atoms with Crippen LogP contribution in [0.1, 0.15) is 218 Å². The van der Waals surface area contributed by atoms with Crippen molar-refractivity contribution in [3.8, 4) is 0 Å². The number of aliphatic hydroxyl groups is 2. The van der Waals surface area contributed by atoms with Gasteiger partial charge in [0, 0.05) is 62.4 Å². The lowest BCUT2D eigenvalue weighted by atomic mass is 9.83. The summed E-state index contributed by atoms with van der Waals surface area (Å²) in [7, 11) is 10.7. The first-order valence-electron chi connectivity index (χ1n) is 37.7. The Bertz CT molecular complexity index is 2690. The Labute approximate surface area is 599 Å². The van der Waals surface area contributed by atoms with Gasteiger partial charge in [-0.3, -0.25) is 52.7 Å². The van der Waals surface area contributed by atoms with Crippen LogP contribution in [0, 0.1) is 47.3 Å². The zero-order chi connectivity index (χ0) is 75.3.